The molecule has 2 aliphatic heterocycles. The van der Waals surface area contributed by atoms with Crippen molar-refractivity contribution in [2.45, 2.75) is 31.8 Å². The number of ether oxygens (including phenoxy) is 1. The molecule has 0 spiro atoms. The van der Waals surface area contributed by atoms with E-state index in [9.17, 15) is 0 Å². The Kier molecular flexibility index (Phi) is 10.7. The van der Waals surface area contributed by atoms with Crippen LogP contribution in [0, 0.1) is 0 Å². The Balaban J connectivity index is 0.00000300. The number of aliphatic imine (C=N–C) groups is 1. The molecule has 0 aromatic heterocycles. The van der Waals surface area contributed by atoms with Gasteiger partial charge in [-0.3, -0.25) is 9.89 Å². The standard InChI is InChI=1S/C22H37N5O.HI/c1-4-23-22(27-11-10-20(18-27)26-12-14-28-15-13-26)24-17-21(25(2)3)16-19-8-6-5-7-9-19;/h5-9,20-21H,4,10-18H2,1-3H3,(H,23,24);1H. The van der Waals surface area contributed by atoms with Crippen molar-refractivity contribution < 1.29 is 4.74 Å². The van der Waals surface area contributed by atoms with Crippen LogP contribution in [0.25, 0.3) is 0 Å². The maximum absolute atomic E-state index is 5.51. The molecule has 7 heteroatoms. The van der Waals surface area contributed by atoms with E-state index in [4.69, 9.17) is 9.73 Å². The highest BCUT2D eigenvalue weighted by molar-refractivity contribution is 14.0. The van der Waals surface area contributed by atoms with Gasteiger partial charge in [-0.2, -0.15) is 0 Å². The maximum Gasteiger partial charge on any atom is 0.194 e. The van der Waals surface area contributed by atoms with Crippen molar-refractivity contribution >= 4 is 29.9 Å². The summed E-state index contributed by atoms with van der Waals surface area (Å²) in [5.41, 5.74) is 1.37. The molecule has 2 saturated heterocycles. The molecule has 2 aliphatic rings. The minimum atomic E-state index is 0. The fourth-order valence-electron chi connectivity index (χ4n) is 4.09. The summed E-state index contributed by atoms with van der Waals surface area (Å²) in [7, 11) is 4.31. The van der Waals surface area contributed by atoms with Crippen molar-refractivity contribution in [2.75, 3.05) is 66.6 Å². The molecule has 2 unspecified atom stereocenters. The number of rotatable bonds is 7. The first kappa shape index (κ1) is 24.4. The Labute approximate surface area is 193 Å². The lowest BCUT2D eigenvalue weighted by molar-refractivity contribution is 0.0195. The highest BCUT2D eigenvalue weighted by Crippen LogP contribution is 2.17. The Morgan fingerprint density at radius 3 is 2.59 bits per heavy atom. The number of nitrogens with one attached hydrogen (secondary N) is 1. The van der Waals surface area contributed by atoms with Gasteiger partial charge in [0.1, 0.15) is 0 Å². The SMILES string of the molecule is CCNC(=NCC(Cc1ccccc1)N(C)C)N1CCC(N2CCOCC2)C1.I. The van der Waals surface area contributed by atoms with Gasteiger partial charge >= 0.3 is 0 Å². The molecule has 1 aromatic rings. The van der Waals surface area contributed by atoms with Gasteiger partial charge in [0, 0.05) is 44.8 Å². The van der Waals surface area contributed by atoms with E-state index in [1.807, 2.05) is 0 Å². The Morgan fingerprint density at radius 2 is 1.93 bits per heavy atom. The lowest BCUT2D eigenvalue weighted by Crippen LogP contribution is -2.47. The Morgan fingerprint density at radius 1 is 1.21 bits per heavy atom. The lowest BCUT2D eigenvalue weighted by Gasteiger charge is -2.32. The number of morpholine rings is 1. The zero-order valence-corrected chi connectivity index (χ0v) is 20.5. The molecule has 1 aromatic carbocycles. The lowest BCUT2D eigenvalue weighted by atomic mass is 10.1. The molecule has 0 saturated carbocycles. The third kappa shape index (κ3) is 7.38. The predicted octanol–water partition coefficient (Wildman–Crippen LogP) is 2.15. The minimum absolute atomic E-state index is 0. The van der Waals surface area contributed by atoms with E-state index >= 15 is 0 Å². The molecular formula is C22H38IN5O. The average molecular weight is 515 g/mol. The topological polar surface area (TPSA) is 43.3 Å². The van der Waals surface area contributed by atoms with Gasteiger partial charge in [0.25, 0.3) is 0 Å². The number of benzene rings is 1. The highest BCUT2D eigenvalue weighted by Gasteiger charge is 2.30. The van der Waals surface area contributed by atoms with Gasteiger partial charge in [0.2, 0.25) is 0 Å². The number of hydrogen-bond donors (Lipinski definition) is 1. The van der Waals surface area contributed by atoms with Crippen molar-refractivity contribution in [2.24, 2.45) is 4.99 Å². The predicted molar refractivity (Wildman–Crippen MR) is 131 cm³/mol. The van der Waals surface area contributed by atoms with Crippen LogP contribution in [0.2, 0.25) is 0 Å². The molecule has 0 aliphatic carbocycles. The van der Waals surface area contributed by atoms with Crippen LogP contribution >= 0.6 is 24.0 Å². The zero-order valence-electron chi connectivity index (χ0n) is 18.2. The summed E-state index contributed by atoms with van der Waals surface area (Å²) in [6.45, 7) is 9.88. The van der Waals surface area contributed by atoms with Gasteiger partial charge in [0.05, 0.1) is 19.8 Å². The molecule has 6 nitrogen and oxygen atoms in total. The van der Waals surface area contributed by atoms with Crippen molar-refractivity contribution in [3.05, 3.63) is 35.9 Å². The minimum Gasteiger partial charge on any atom is -0.379 e. The smallest absolute Gasteiger partial charge is 0.194 e. The van der Waals surface area contributed by atoms with Crippen molar-refractivity contribution in [1.82, 2.24) is 20.0 Å². The van der Waals surface area contributed by atoms with Gasteiger partial charge in [-0.1, -0.05) is 30.3 Å². The third-order valence-corrected chi connectivity index (χ3v) is 5.86. The van der Waals surface area contributed by atoms with Gasteiger partial charge in [-0.05, 0) is 39.4 Å². The first-order valence-corrected chi connectivity index (χ1v) is 10.7. The van der Waals surface area contributed by atoms with E-state index in [-0.39, 0.29) is 24.0 Å². The van der Waals surface area contributed by atoms with Crippen LogP contribution in [0.4, 0.5) is 0 Å². The van der Waals surface area contributed by atoms with Crippen LogP contribution in [0.5, 0.6) is 0 Å². The average Bonchev–Trinajstić information content (AvgIpc) is 3.21. The number of nitrogens with zero attached hydrogens (tertiary/aromatic N) is 4. The van der Waals surface area contributed by atoms with E-state index in [2.05, 4.69) is 71.4 Å². The molecule has 29 heavy (non-hydrogen) atoms. The van der Waals surface area contributed by atoms with E-state index in [0.717, 1.165) is 64.9 Å². The second kappa shape index (κ2) is 12.7. The molecule has 1 N–H and O–H groups in total. The maximum atomic E-state index is 5.51. The molecule has 2 heterocycles. The Bertz CT molecular complexity index is 606. The fraction of sp³-hybridized carbons (Fsp3) is 0.682. The van der Waals surface area contributed by atoms with Crippen LogP contribution in [0.1, 0.15) is 18.9 Å². The Hall–Kier alpha value is -0.900. The summed E-state index contributed by atoms with van der Waals surface area (Å²) >= 11 is 0. The van der Waals surface area contributed by atoms with Crippen LogP contribution < -0.4 is 5.32 Å². The second-order valence-corrected chi connectivity index (χ2v) is 8.04. The summed E-state index contributed by atoms with van der Waals surface area (Å²) in [6.07, 6.45) is 2.23. The molecule has 0 amide bonds. The summed E-state index contributed by atoms with van der Waals surface area (Å²) in [5, 5.41) is 3.52. The molecule has 2 atom stereocenters. The monoisotopic (exact) mass is 515 g/mol. The molecule has 164 valence electrons. The normalized spacial score (nSPS) is 21.9. The number of likely N-dealkylation sites (tertiary alicyclic amines) is 1. The largest absolute Gasteiger partial charge is 0.379 e. The van der Waals surface area contributed by atoms with Crippen LogP contribution in [0.15, 0.2) is 35.3 Å². The third-order valence-electron chi connectivity index (χ3n) is 5.86. The van der Waals surface area contributed by atoms with E-state index in [1.165, 1.54) is 12.0 Å². The van der Waals surface area contributed by atoms with Gasteiger partial charge < -0.3 is 19.9 Å². The summed E-state index contributed by atoms with van der Waals surface area (Å²) in [6, 6.07) is 11.7. The number of hydrogen-bond acceptors (Lipinski definition) is 4. The van der Waals surface area contributed by atoms with E-state index in [1.54, 1.807) is 0 Å². The van der Waals surface area contributed by atoms with Gasteiger partial charge in [0.15, 0.2) is 5.96 Å². The first-order valence-electron chi connectivity index (χ1n) is 10.7. The van der Waals surface area contributed by atoms with Crippen LogP contribution in [-0.4, -0.2) is 99.3 Å². The van der Waals surface area contributed by atoms with Crippen molar-refractivity contribution in [3.8, 4) is 0 Å². The summed E-state index contributed by atoms with van der Waals surface area (Å²) in [5.74, 6) is 1.07. The number of guanidine groups is 1. The molecular weight excluding hydrogens is 477 g/mol. The highest BCUT2D eigenvalue weighted by atomic mass is 127. The molecule has 2 fully saturated rings. The number of halogens is 1. The quantitative estimate of drug-likeness (QED) is 0.343. The van der Waals surface area contributed by atoms with Crippen molar-refractivity contribution in [3.63, 3.8) is 0 Å². The number of likely N-dealkylation sites (N-methyl/N-ethyl adjacent to an activating group) is 1. The summed E-state index contributed by atoms with van der Waals surface area (Å²) in [4.78, 5) is 12.4. The zero-order chi connectivity index (χ0) is 19.8. The first-order chi connectivity index (χ1) is 13.7. The van der Waals surface area contributed by atoms with Gasteiger partial charge in [-0.15, -0.1) is 24.0 Å². The molecule has 0 radical (unpaired) electrons. The molecule has 0 bridgehead atoms. The van der Waals surface area contributed by atoms with Crippen LogP contribution in [-0.2, 0) is 11.2 Å². The van der Waals surface area contributed by atoms with E-state index in [0.29, 0.717) is 12.1 Å². The fourth-order valence-corrected chi connectivity index (χ4v) is 4.09. The second-order valence-electron chi connectivity index (χ2n) is 8.04. The van der Waals surface area contributed by atoms with Crippen LogP contribution in [0.3, 0.4) is 0 Å². The van der Waals surface area contributed by atoms with Gasteiger partial charge in [-0.25, -0.2) is 0 Å². The van der Waals surface area contributed by atoms with E-state index < -0.39 is 0 Å². The molecule has 3 rings (SSSR count). The van der Waals surface area contributed by atoms with Crippen molar-refractivity contribution in [1.29, 1.82) is 0 Å². The summed E-state index contributed by atoms with van der Waals surface area (Å²) < 4.78 is 5.51.